The lowest BCUT2D eigenvalue weighted by atomic mass is 10.0. The summed E-state index contributed by atoms with van der Waals surface area (Å²) in [6, 6.07) is 14.9. The van der Waals surface area contributed by atoms with Gasteiger partial charge < -0.3 is 0 Å². The van der Waals surface area contributed by atoms with E-state index in [2.05, 4.69) is 11.0 Å². The molecule has 25 heavy (non-hydrogen) atoms. The molecule has 0 saturated carbocycles. The Morgan fingerprint density at radius 1 is 1.04 bits per heavy atom. The lowest BCUT2D eigenvalue weighted by Crippen LogP contribution is -1.97. The van der Waals surface area contributed by atoms with Gasteiger partial charge in [0, 0.05) is 23.6 Å². The Balaban J connectivity index is 2.11. The molecule has 0 aliphatic carbocycles. The molecule has 0 fully saturated rings. The molecular weight excluding hydrogens is 332 g/mol. The number of hydrogen-bond acceptors (Lipinski definition) is 3. The Labute approximate surface area is 148 Å². The van der Waals surface area contributed by atoms with Gasteiger partial charge in [-0.25, -0.2) is 8.42 Å². The van der Waals surface area contributed by atoms with Crippen LogP contribution in [0.15, 0.2) is 59.6 Å². The van der Waals surface area contributed by atoms with E-state index in [1.807, 2.05) is 37.4 Å². The van der Waals surface area contributed by atoms with Crippen LogP contribution in [0.1, 0.15) is 5.56 Å². The molecule has 0 saturated heterocycles. The summed E-state index contributed by atoms with van der Waals surface area (Å²) in [7, 11) is -3.22. The smallest absolute Gasteiger partial charge is 0.175 e. The van der Waals surface area contributed by atoms with E-state index >= 15 is 0 Å². The van der Waals surface area contributed by atoms with Gasteiger partial charge in [0.25, 0.3) is 0 Å². The normalized spacial score (nSPS) is 11.2. The molecule has 1 aromatic heterocycles. The molecule has 0 spiro atoms. The van der Waals surface area contributed by atoms with Crippen molar-refractivity contribution in [2.24, 2.45) is 0 Å². The zero-order valence-corrected chi connectivity index (χ0v) is 14.9. The minimum Gasteiger partial charge on any atom is -0.259 e. The highest BCUT2D eigenvalue weighted by Crippen LogP contribution is 2.31. The minimum atomic E-state index is -3.22. The molecular formula is C20H18N2O2S. The Bertz CT molecular complexity index is 1040. The van der Waals surface area contributed by atoms with Crippen LogP contribution in [-0.4, -0.2) is 24.5 Å². The first-order valence-electron chi connectivity index (χ1n) is 7.77. The van der Waals surface area contributed by atoms with E-state index in [0.29, 0.717) is 6.54 Å². The van der Waals surface area contributed by atoms with E-state index in [0.717, 1.165) is 22.4 Å². The minimum absolute atomic E-state index is 0.288. The summed E-state index contributed by atoms with van der Waals surface area (Å²) >= 11 is 0. The summed E-state index contributed by atoms with van der Waals surface area (Å²) < 4.78 is 25.0. The van der Waals surface area contributed by atoms with Crippen molar-refractivity contribution < 1.29 is 8.42 Å². The van der Waals surface area contributed by atoms with Gasteiger partial charge in [-0.15, -0.1) is 6.42 Å². The number of nitrogens with zero attached hydrogens (tertiary/aromatic N) is 2. The lowest BCUT2D eigenvalue weighted by Gasteiger charge is -2.05. The molecule has 4 nitrogen and oxygen atoms in total. The highest BCUT2D eigenvalue weighted by Gasteiger charge is 2.14. The first-order valence-corrected chi connectivity index (χ1v) is 9.66. The monoisotopic (exact) mass is 350 g/mol. The predicted octanol–water partition coefficient (Wildman–Crippen LogP) is 3.56. The molecule has 0 unspecified atom stereocenters. The van der Waals surface area contributed by atoms with Crippen LogP contribution < -0.4 is 0 Å². The van der Waals surface area contributed by atoms with Crippen molar-refractivity contribution in [2.75, 3.05) is 6.26 Å². The van der Waals surface area contributed by atoms with Gasteiger partial charge in [0.05, 0.1) is 4.90 Å². The van der Waals surface area contributed by atoms with Crippen molar-refractivity contribution in [3.63, 3.8) is 0 Å². The maximum absolute atomic E-state index is 11.6. The zero-order valence-electron chi connectivity index (χ0n) is 14.1. The molecule has 5 heteroatoms. The Morgan fingerprint density at radius 3 is 2.20 bits per heavy atom. The van der Waals surface area contributed by atoms with Gasteiger partial charge in [-0.3, -0.25) is 4.68 Å². The van der Waals surface area contributed by atoms with Crippen LogP contribution in [-0.2, 0) is 16.4 Å². The highest BCUT2D eigenvalue weighted by atomic mass is 32.2. The van der Waals surface area contributed by atoms with E-state index in [9.17, 15) is 8.42 Å². The average Bonchev–Trinajstić information content (AvgIpc) is 2.99. The third-order valence-corrected chi connectivity index (χ3v) is 5.06. The van der Waals surface area contributed by atoms with Crippen LogP contribution in [0.3, 0.4) is 0 Å². The number of aromatic nitrogens is 2. The summed E-state index contributed by atoms with van der Waals surface area (Å²) in [5, 5.41) is 4.59. The molecule has 0 N–H and O–H groups in total. The number of hydrogen-bond donors (Lipinski definition) is 0. The van der Waals surface area contributed by atoms with Crippen molar-refractivity contribution in [1.29, 1.82) is 0 Å². The quantitative estimate of drug-likeness (QED) is 0.676. The number of rotatable bonds is 4. The zero-order chi connectivity index (χ0) is 18.0. The maximum Gasteiger partial charge on any atom is 0.175 e. The maximum atomic E-state index is 11.6. The van der Waals surface area contributed by atoms with Gasteiger partial charge in [0.2, 0.25) is 0 Å². The van der Waals surface area contributed by atoms with Crippen molar-refractivity contribution >= 4 is 9.84 Å². The van der Waals surface area contributed by atoms with Crippen molar-refractivity contribution in [3.05, 3.63) is 60.3 Å². The van der Waals surface area contributed by atoms with Gasteiger partial charge in [-0.2, -0.15) is 5.10 Å². The summed E-state index contributed by atoms with van der Waals surface area (Å²) in [6.45, 7) is 2.41. The van der Waals surface area contributed by atoms with Crippen molar-refractivity contribution in [3.8, 4) is 34.7 Å². The molecule has 0 radical (unpaired) electrons. The second-order valence-corrected chi connectivity index (χ2v) is 7.97. The van der Waals surface area contributed by atoms with Crippen LogP contribution in [0.25, 0.3) is 22.4 Å². The second kappa shape index (κ2) is 6.58. The van der Waals surface area contributed by atoms with Crippen molar-refractivity contribution in [2.45, 2.75) is 18.4 Å². The van der Waals surface area contributed by atoms with Gasteiger partial charge in [0.15, 0.2) is 9.84 Å². The van der Waals surface area contributed by atoms with Gasteiger partial charge in [-0.05, 0) is 24.6 Å². The van der Waals surface area contributed by atoms with Crippen LogP contribution in [0.4, 0.5) is 0 Å². The van der Waals surface area contributed by atoms with E-state index in [1.54, 1.807) is 28.9 Å². The molecule has 1 heterocycles. The molecule has 0 amide bonds. The topological polar surface area (TPSA) is 52.0 Å². The molecule has 126 valence electrons. The fourth-order valence-electron chi connectivity index (χ4n) is 2.61. The number of sulfone groups is 1. The van der Waals surface area contributed by atoms with E-state index in [1.165, 1.54) is 11.8 Å². The number of terminal acetylenes is 1. The second-order valence-electron chi connectivity index (χ2n) is 5.96. The van der Waals surface area contributed by atoms with Crippen LogP contribution in [0.2, 0.25) is 0 Å². The largest absolute Gasteiger partial charge is 0.259 e. The third-order valence-electron chi connectivity index (χ3n) is 3.93. The fourth-order valence-corrected chi connectivity index (χ4v) is 3.24. The predicted molar refractivity (Wildman–Crippen MR) is 99.8 cm³/mol. The first-order chi connectivity index (χ1) is 11.9. The fraction of sp³-hybridized carbons (Fsp3) is 0.150. The molecule has 2 aromatic carbocycles. The standard InChI is InChI=1S/C20H18N2O2S/c1-4-13-22-14-19(16-7-5-15(2)6-8-16)20(21-22)17-9-11-18(12-10-17)25(3,23)24/h1,5-12,14H,13H2,2-3H3. The van der Waals surface area contributed by atoms with Gasteiger partial charge in [0.1, 0.15) is 12.2 Å². The van der Waals surface area contributed by atoms with Gasteiger partial charge >= 0.3 is 0 Å². The molecule has 0 bridgehead atoms. The first kappa shape index (κ1) is 17.0. The summed E-state index contributed by atoms with van der Waals surface area (Å²) in [5.74, 6) is 2.59. The van der Waals surface area contributed by atoms with E-state index in [-0.39, 0.29) is 4.90 Å². The summed E-state index contributed by atoms with van der Waals surface area (Å²) in [5.41, 5.74) is 4.80. The summed E-state index contributed by atoms with van der Waals surface area (Å²) in [6.07, 6.45) is 8.52. The molecule has 0 atom stereocenters. The van der Waals surface area contributed by atoms with Crippen LogP contribution >= 0.6 is 0 Å². The number of benzene rings is 2. The van der Waals surface area contributed by atoms with E-state index in [4.69, 9.17) is 6.42 Å². The van der Waals surface area contributed by atoms with E-state index < -0.39 is 9.84 Å². The van der Waals surface area contributed by atoms with Gasteiger partial charge in [-0.1, -0.05) is 47.9 Å². The lowest BCUT2D eigenvalue weighted by molar-refractivity contribution is 0.602. The molecule has 0 aliphatic heterocycles. The molecule has 3 aromatic rings. The molecule has 0 aliphatic rings. The average molecular weight is 350 g/mol. The Morgan fingerprint density at radius 2 is 1.64 bits per heavy atom. The highest BCUT2D eigenvalue weighted by molar-refractivity contribution is 7.90. The number of aryl methyl sites for hydroxylation is 1. The van der Waals surface area contributed by atoms with Crippen LogP contribution in [0.5, 0.6) is 0 Å². The Hall–Kier alpha value is -2.84. The third kappa shape index (κ3) is 3.65. The van der Waals surface area contributed by atoms with Crippen LogP contribution in [0, 0.1) is 19.3 Å². The SMILES string of the molecule is C#CCn1cc(-c2ccc(C)cc2)c(-c2ccc(S(C)(=O)=O)cc2)n1. The summed E-state index contributed by atoms with van der Waals surface area (Å²) in [4.78, 5) is 0.288. The molecule has 3 rings (SSSR count). The van der Waals surface area contributed by atoms with Crippen molar-refractivity contribution in [1.82, 2.24) is 9.78 Å². The Kier molecular flexibility index (Phi) is 4.47.